The number of aliphatic hydroxyl groups excluding tert-OH is 1. The van der Waals surface area contributed by atoms with E-state index in [-0.39, 0.29) is 29.6 Å². The minimum absolute atomic E-state index is 0.00318. The van der Waals surface area contributed by atoms with Crippen molar-refractivity contribution in [3.8, 4) is 0 Å². The number of ketones is 3. The maximum absolute atomic E-state index is 12.1. The summed E-state index contributed by atoms with van der Waals surface area (Å²) in [5, 5.41) is 24.4. The van der Waals surface area contributed by atoms with Crippen molar-refractivity contribution in [1.29, 1.82) is 0 Å². The number of hydrogen-bond donors (Lipinski definition) is 3. The molecule has 17 heteroatoms. The molecule has 372 valence electrons. The largest absolute Gasteiger partial charge is 0.504 e. The van der Waals surface area contributed by atoms with Gasteiger partial charge in [0.1, 0.15) is 6.33 Å². The van der Waals surface area contributed by atoms with Crippen LogP contribution in [0.3, 0.4) is 0 Å². The lowest BCUT2D eigenvalue weighted by atomic mass is 10.1. The number of aldehydes is 2. The number of Topliss-reactive ketones (excluding diaryl/α,β-unsaturated/α-hetero) is 2. The number of aliphatic hydroxyl groups is 1. The second kappa shape index (κ2) is 30.1. The lowest BCUT2D eigenvalue weighted by molar-refractivity contribution is -0.136. The number of carbonyl (C=O) groups excluding carboxylic acids is 5. The predicted octanol–water partition coefficient (Wildman–Crippen LogP) is 9.12. The highest BCUT2D eigenvalue weighted by Gasteiger charge is 2.13. The molecule has 0 unspecified atom stereocenters. The number of aromatic nitrogens is 9. The average molecular weight is 958 g/mol. The van der Waals surface area contributed by atoms with E-state index in [1.54, 1.807) is 60.6 Å². The summed E-state index contributed by atoms with van der Waals surface area (Å²) >= 11 is 0. The molecule has 7 aromatic heterocycles. The molecule has 0 amide bonds. The maximum Gasteiger partial charge on any atom is 0.303 e. The number of rotatable bonds is 14. The van der Waals surface area contributed by atoms with Gasteiger partial charge < -0.3 is 37.6 Å². The van der Waals surface area contributed by atoms with Gasteiger partial charge in [-0.2, -0.15) is 5.10 Å². The van der Waals surface area contributed by atoms with E-state index in [0.29, 0.717) is 17.8 Å². The molecule has 0 aliphatic carbocycles. The number of nitrogens with zero attached hydrogens (tertiary/aromatic N) is 8. The van der Waals surface area contributed by atoms with Gasteiger partial charge in [0.05, 0.1) is 22.8 Å². The summed E-state index contributed by atoms with van der Waals surface area (Å²) in [7, 11) is 11.2. The van der Waals surface area contributed by atoms with Gasteiger partial charge in [-0.05, 0) is 91.4 Å². The Balaban J connectivity index is 0.000000300. The van der Waals surface area contributed by atoms with Crippen molar-refractivity contribution >= 4 is 53.8 Å². The molecule has 0 bridgehead atoms. The number of allylic oxidation sites excluding steroid dienone is 3. The Kier molecular flexibility index (Phi) is 24.9. The molecule has 7 aromatic rings. The first kappa shape index (κ1) is 57.8. The Morgan fingerprint density at radius 1 is 0.643 bits per heavy atom. The number of carbonyl (C=O) groups is 6. The average Bonchev–Trinajstić information content (AvgIpc) is 4.18. The summed E-state index contributed by atoms with van der Waals surface area (Å²) in [5.41, 5.74) is 7.69. The van der Waals surface area contributed by atoms with Gasteiger partial charge in [0, 0.05) is 124 Å². The van der Waals surface area contributed by atoms with Crippen LogP contribution in [0.25, 0.3) is 17.9 Å². The van der Waals surface area contributed by atoms with E-state index in [0.717, 1.165) is 59.6 Å². The number of nitrogens with one attached hydrogen (secondary N) is 1. The fraction of sp³-hybridized carbons (Fsp3) is 0.283. The minimum atomic E-state index is -0.894. The molecule has 0 atom stereocenters. The summed E-state index contributed by atoms with van der Waals surface area (Å²) in [5.74, 6) is -1.27. The molecule has 7 rings (SSSR count). The lowest BCUT2D eigenvalue weighted by Crippen LogP contribution is -2.03. The molecule has 0 fully saturated rings. The van der Waals surface area contributed by atoms with Gasteiger partial charge in [0.25, 0.3) is 0 Å². The van der Waals surface area contributed by atoms with E-state index in [4.69, 9.17) is 5.11 Å². The Bertz CT molecular complexity index is 2830. The molecule has 0 aliphatic heterocycles. The zero-order chi connectivity index (χ0) is 52.3. The van der Waals surface area contributed by atoms with Gasteiger partial charge >= 0.3 is 5.97 Å². The van der Waals surface area contributed by atoms with E-state index in [9.17, 15) is 33.9 Å². The molecular weight excluding hydrogens is 891 g/mol. The molecule has 0 aromatic carbocycles. The third-order valence-corrected chi connectivity index (χ3v) is 9.88. The molecule has 0 saturated heterocycles. The number of carboxylic acids is 1. The zero-order valence-corrected chi connectivity index (χ0v) is 42.0. The van der Waals surface area contributed by atoms with Crippen molar-refractivity contribution in [2.75, 3.05) is 0 Å². The van der Waals surface area contributed by atoms with Crippen LogP contribution >= 0.6 is 0 Å². The van der Waals surface area contributed by atoms with Crippen LogP contribution in [0.2, 0.25) is 0 Å². The van der Waals surface area contributed by atoms with Crippen LogP contribution in [0.5, 0.6) is 0 Å². The van der Waals surface area contributed by atoms with Crippen molar-refractivity contribution in [3.05, 3.63) is 173 Å². The number of aliphatic carboxylic acids is 1. The molecule has 0 saturated carbocycles. The SMILES string of the molecule is C/C=C/c1cc(C(C)=O)n(C)c1.C/C=C/c1ccn(C)c1.CCCc1cc(C(C)=O)n(C)c1.Cn1cc(CCC(=O)O)cc1C(=O)/C=C(\O)c1ncn[nH]1.Cn1ccc(C=O)c1.Cn1cccc1C=O. The zero-order valence-electron chi connectivity index (χ0n) is 42.0. The molecule has 0 aliphatic rings. The summed E-state index contributed by atoms with van der Waals surface area (Å²) in [6.07, 6.45) is 29.7. The number of aromatic amines is 1. The first-order chi connectivity index (χ1) is 33.3. The second-order valence-electron chi connectivity index (χ2n) is 15.9. The summed E-state index contributed by atoms with van der Waals surface area (Å²) in [6, 6.07) is 12.9. The van der Waals surface area contributed by atoms with Crippen LogP contribution in [0.4, 0.5) is 0 Å². The van der Waals surface area contributed by atoms with E-state index in [1.807, 2.05) is 135 Å². The Labute approximate surface area is 409 Å². The maximum atomic E-state index is 12.1. The van der Waals surface area contributed by atoms with Crippen molar-refractivity contribution < 1.29 is 39.0 Å². The Morgan fingerprint density at radius 3 is 1.60 bits per heavy atom. The fourth-order valence-electron chi connectivity index (χ4n) is 6.50. The fourth-order valence-corrected chi connectivity index (χ4v) is 6.50. The van der Waals surface area contributed by atoms with E-state index >= 15 is 0 Å². The smallest absolute Gasteiger partial charge is 0.303 e. The van der Waals surface area contributed by atoms with Crippen molar-refractivity contribution in [1.82, 2.24) is 42.6 Å². The first-order valence-corrected chi connectivity index (χ1v) is 22.3. The van der Waals surface area contributed by atoms with E-state index in [2.05, 4.69) is 40.4 Å². The summed E-state index contributed by atoms with van der Waals surface area (Å²) in [4.78, 5) is 68.5. The van der Waals surface area contributed by atoms with Crippen molar-refractivity contribution in [2.24, 2.45) is 42.3 Å². The molecule has 7 heterocycles. The van der Waals surface area contributed by atoms with Gasteiger partial charge in [-0.15, -0.1) is 0 Å². The normalized spacial score (nSPS) is 10.6. The quantitative estimate of drug-likeness (QED) is 0.0407. The van der Waals surface area contributed by atoms with Crippen molar-refractivity contribution in [3.63, 3.8) is 0 Å². The molecule has 17 nitrogen and oxygen atoms in total. The monoisotopic (exact) mass is 958 g/mol. The van der Waals surface area contributed by atoms with Crippen molar-refractivity contribution in [2.45, 2.75) is 60.3 Å². The Hall–Kier alpha value is -8.34. The van der Waals surface area contributed by atoms with Gasteiger partial charge in [0.15, 0.2) is 35.7 Å². The summed E-state index contributed by atoms with van der Waals surface area (Å²) < 4.78 is 11.0. The predicted molar refractivity (Wildman–Crippen MR) is 274 cm³/mol. The lowest BCUT2D eigenvalue weighted by Gasteiger charge is -1.98. The minimum Gasteiger partial charge on any atom is -0.504 e. The van der Waals surface area contributed by atoms with Crippen LogP contribution in [-0.2, 0) is 59.9 Å². The number of carboxylic acid groups (broad SMARTS) is 1. The van der Waals surface area contributed by atoms with Crippen LogP contribution in [-0.4, -0.2) is 88.7 Å². The molecular formula is C53H67N9O8. The van der Waals surface area contributed by atoms with Gasteiger partial charge in [-0.25, -0.2) is 4.98 Å². The molecule has 0 radical (unpaired) electrons. The van der Waals surface area contributed by atoms with Crippen LogP contribution in [0, 0.1) is 0 Å². The third kappa shape index (κ3) is 20.3. The van der Waals surface area contributed by atoms with E-state index in [1.165, 1.54) is 17.5 Å². The van der Waals surface area contributed by atoms with Gasteiger partial charge in [-0.1, -0.05) is 37.6 Å². The highest BCUT2D eigenvalue weighted by Crippen LogP contribution is 2.14. The van der Waals surface area contributed by atoms with Crippen LogP contribution < -0.4 is 0 Å². The van der Waals surface area contributed by atoms with E-state index < -0.39 is 11.8 Å². The molecule has 70 heavy (non-hydrogen) atoms. The Morgan fingerprint density at radius 2 is 1.19 bits per heavy atom. The second-order valence-corrected chi connectivity index (χ2v) is 15.9. The van der Waals surface area contributed by atoms with Gasteiger partial charge in [-0.3, -0.25) is 33.9 Å². The molecule has 3 N–H and O–H groups in total. The standard InChI is InChI=1S/C13H14N4O4.C10H15NO.C10H13NO.C8H11N.2C6H7NO/c1-17-6-8(2-3-12(20)21)4-9(17)10(18)5-11(19)13-14-7-15-16-13;2*1-4-5-9-6-10(8(2)12)11(3)7-9;1-3-4-8-5-6-9(2)7-8;1-7-3-2-6(4-7)5-8;1-7-4-2-3-6(7)5-8/h4-7,19H,2-3H2,1H3,(H,20,21)(H,14,15,16);6-7H,4-5H2,1-3H3;4-7H,1-3H3;3-7H,1-2H3;2*2-5H,1H3/b11-5-;;5-4+;4-3+;;. The third-order valence-electron chi connectivity index (χ3n) is 9.88. The van der Waals surface area contributed by atoms with Crippen LogP contribution in [0.15, 0.2) is 117 Å². The number of H-pyrrole nitrogens is 1. The topological polar surface area (TPSA) is 214 Å². The number of hydrogen-bond acceptors (Lipinski definition) is 9. The first-order valence-electron chi connectivity index (χ1n) is 22.3. The number of aryl methyl sites for hydroxylation is 8. The van der Waals surface area contributed by atoms with Gasteiger partial charge in [0.2, 0.25) is 5.78 Å². The highest BCUT2D eigenvalue weighted by molar-refractivity contribution is 6.06. The summed E-state index contributed by atoms with van der Waals surface area (Å²) in [6.45, 7) is 9.30. The molecule has 0 spiro atoms. The highest BCUT2D eigenvalue weighted by atomic mass is 16.4. The van der Waals surface area contributed by atoms with Crippen LogP contribution in [0.1, 0.15) is 128 Å².